The molecule has 1 aliphatic rings. The second kappa shape index (κ2) is 9.04. The van der Waals surface area contributed by atoms with Crippen molar-refractivity contribution in [3.05, 3.63) is 35.4 Å². The Bertz CT molecular complexity index is 1060. The number of carbonyl (C=O) groups excluding carboxylic acids is 1. The first kappa shape index (κ1) is 20.0. The average Bonchev–Trinajstić information content (AvgIpc) is 3.38. The first-order valence-electron chi connectivity index (χ1n) is 9.49. The van der Waals surface area contributed by atoms with Crippen LogP contribution < -0.4 is 20.1 Å². The average molecular weight is 433 g/mol. The van der Waals surface area contributed by atoms with Gasteiger partial charge in [-0.15, -0.1) is 0 Å². The number of halogens is 1. The summed E-state index contributed by atoms with van der Waals surface area (Å²) in [6.07, 6.45) is 2.74. The number of anilines is 1. The first-order valence-corrected chi connectivity index (χ1v) is 9.87. The monoisotopic (exact) mass is 432 g/mol. The molecule has 1 aromatic carbocycles. The van der Waals surface area contributed by atoms with Gasteiger partial charge in [-0.05, 0) is 42.1 Å². The molecule has 3 heterocycles. The molecule has 0 radical (unpaired) electrons. The molecule has 0 unspecified atom stereocenters. The van der Waals surface area contributed by atoms with Crippen LogP contribution >= 0.6 is 11.6 Å². The molecule has 0 spiro atoms. The number of alkyl carbamates (subject to hydrolysis) is 1. The van der Waals surface area contributed by atoms with Crippen LogP contribution in [0, 0.1) is 0 Å². The Morgan fingerprint density at radius 1 is 1.27 bits per heavy atom. The summed E-state index contributed by atoms with van der Waals surface area (Å²) < 4.78 is 17.7. The molecule has 2 aromatic heterocycles. The van der Waals surface area contributed by atoms with Crippen LogP contribution in [0.15, 0.2) is 24.5 Å². The molecular weight excluding hydrogens is 412 g/mol. The Morgan fingerprint density at radius 3 is 3.00 bits per heavy atom. The largest absolute Gasteiger partial charge is 0.454 e. The Morgan fingerprint density at radius 2 is 2.13 bits per heavy atom. The van der Waals surface area contributed by atoms with Crippen molar-refractivity contribution in [3.8, 4) is 11.5 Å². The topological polar surface area (TPSA) is 112 Å². The molecule has 0 fully saturated rings. The van der Waals surface area contributed by atoms with Crippen LogP contribution in [0.25, 0.3) is 11.2 Å². The van der Waals surface area contributed by atoms with E-state index in [1.54, 1.807) is 13.4 Å². The van der Waals surface area contributed by atoms with E-state index in [0.29, 0.717) is 54.6 Å². The molecular formula is C19H21ClN6O4. The Kier molecular flexibility index (Phi) is 6.03. The molecule has 0 saturated carbocycles. The number of ether oxygens (including phenoxy) is 3. The Labute approximate surface area is 177 Å². The summed E-state index contributed by atoms with van der Waals surface area (Å²) in [7, 11) is 1.76. The van der Waals surface area contributed by atoms with Crippen molar-refractivity contribution < 1.29 is 19.0 Å². The van der Waals surface area contributed by atoms with Crippen molar-refractivity contribution in [2.45, 2.75) is 25.9 Å². The van der Waals surface area contributed by atoms with E-state index in [4.69, 9.17) is 25.8 Å². The number of nitrogens with one attached hydrogen (secondary N) is 2. The zero-order valence-electron chi connectivity index (χ0n) is 16.4. The van der Waals surface area contributed by atoms with Crippen LogP contribution in [0.1, 0.15) is 18.4 Å². The van der Waals surface area contributed by atoms with Gasteiger partial charge in [0.2, 0.25) is 12.1 Å². The number of unbranched alkanes of at least 4 members (excludes halogenated alkanes) is 1. The van der Waals surface area contributed by atoms with Crippen molar-refractivity contribution >= 4 is 34.7 Å². The molecule has 1 aliphatic heterocycles. The third-order valence-corrected chi connectivity index (χ3v) is 4.74. The number of hydrogen-bond acceptors (Lipinski definition) is 8. The third-order valence-electron chi connectivity index (χ3n) is 4.57. The van der Waals surface area contributed by atoms with Crippen molar-refractivity contribution in [1.82, 2.24) is 24.8 Å². The van der Waals surface area contributed by atoms with Gasteiger partial charge in [0.25, 0.3) is 0 Å². The maximum absolute atomic E-state index is 11.9. The molecule has 3 aromatic rings. The highest BCUT2D eigenvalue weighted by Gasteiger charge is 2.14. The number of aryl methyl sites for hydroxylation is 1. The summed E-state index contributed by atoms with van der Waals surface area (Å²) in [5, 5.41) is 5.85. The maximum Gasteiger partial charge on any atom is 0.407 e. The van der Waals surface area contributed by atoms with Gasteiger partial charge in [-0.1, -0.05) is 6.07 Å². The molecule has 2 N–H and O–H groups in total. The lowest BCUT2D eigenvalue weighted by Gasteiger charge is -2.08. The molecule has 1 amide bonds. The number of amides is 1. The van der Waals surface area contributed by atoms with Gasteiger partial charge in [0.15, 0.2) is 28.5 Å². The second-order valence-electron chi connectivity index (χ2n) is 6.59. The van der Waals surface area contributed by atoms with E-state index in [9.17, 15) is 4.79 Å². The fourth-order valence-corrected chi connectivity index (χ4v) is 3.25. The smallest absolute Gasteiger partial charge is 0.407 e. The fourth-order valence-electron chi connectivity index (χ4n) is 3.08. The maximum atomic E-state index is 11.9. The van der Waals surface area contributed by atoms with Gasteiger partial charge >= 0.3 is 6.09 Å². The summed E-state index contributed by atoms with van der Waals surface area (Å²) in [5.74, 6) is 1.98. The second-order valence-corrected chi connectivity index (χ2v) is 6.92. The van der Waals surface area contributed by atoms with Crippen molar-refractivity contribution in [2.75, 3.05) is 25.8 Å². The zero-order chi connectivity index (χ0) is 20.9. The van der Waals surface area contributed by atoms with Crippen molar-refractivity contribution in [1.29, 1.82) is 0 Å². The normalized spacial score (nSPS) is 12.2. The zero-order valence-corrected chi connectivity index (χ0v) is 17.1. The molecule has 30 heavy (non-hydrogen) atoms. The lowest BCUT2D eigenvalue weighted by atomic mass is 10.2. The Balaban J connectivity index is 1.19. The highest BCUT2D eigenvalue weighted by atomic mass is 35.5. The highest BCUT2D eigenvalue weighted by molar-refractivity contribution is 6.28. The number of aromatic nitrogens is 4. The number of rotatable bonds is 8. The number of carbonyl (C=O) groups is 1. The van der Waals surface area contributed by atoms with Gasteiger partial charge < -0.3 is 29.4 Å². The third kappa shape index (κ3) is 4.48. The number of nitrogens with zero attached hydrogens (tertiary/aromatic N) is 4. The van der Waals surface area contributed by atoms with Gasteiger partial charge in [-0.25, -0.2) is 9.78 Å². The minimum atomic E-state index is -0.459. The first-order chi connectivity index (χ1) is 14.6. The van der Waals surface area contributed by atoms with Gasteiger partial charge in [0.05, 0.1) is 12.9 Å². The molecule has 4 rings (SSSR count). The molecule has 10 nitrogen and oxygen atoms in total. The van der Waals surface area contributed by atoms with Gasteiger partial charge in [-0.3, -0.25) is 0 Å². The molecule has 158 valence electrons. The number of hydrogen-bond donors (Lipinski definition) is 2. The highest BCUT2D eigenvalue weighted by Crippen LogP contribution is 2.32. The summed E-state index contributed by atoms with van der Waals surface area (Å²) in [6.45, 7) is 1.57. The summed E-state index contributed by atoms with van der Waals surface area (Å²) >= 11 is 5.97. The van der Waals surface area contributed by atoms with Crippen molar-refractivity contribution in [3.63, 3.8) is 0 Å². The molecule has 0 atom stereocenters. The van der Waals surface area contributed by atoms with E-state index >= 15 is 0 Å². The van der Waals surface area contributed by atoms with E-state index in [0.717, 1.165) is 12.0 Å². The molecule has 0 bridgehead atoms. The van der Waals surface area contributed by atoms with E-state index < -0.39 is 6.09 Å². The van der Waals surface area contributed by atoms with E-state index in [-0.39, 0.29) is 12.1 Å². The van der Waals surface area contributed by atoms with Crippen LogP contribution in [0.5, 0.6) is 11.5 Å². The van der Waals surface area contributed by atoms with Crippen LogP contribution in [0.3, 0.4) is 0 Å². The number of benzene rings is 1. The van der Waals surface area contributed by atoms with Crippen LogP contribution in [-0.4, -0.2) is 46.1 Å². The van der Waals surface area contributed by atoms with Gasteiger partial charge in [-0.2, -0.15) is 9.97 Å². The minimum Gasteiger partial charge on any atom is -0.454 e. The SMILES string of the molecule is CNc1nc(Cl)nc2c1ncn2CCCCOC(=O)NCc1ccc2c(c1)OCO2. The van der Waals surface area contributed by atoms with Crippen LogP contribution in [-0.2, 0) is 17.8 Å². The quantitative estimate of drug-likeness (QED) is 0.412. The summed E-state index contributed by atoms with van der Waals surface area (Å²) in [5.41, 5.74) is 2.24. The predicted molar refractivity (Wildman–Crippen MR) is 110 cm³/mol. The van der Waals surface area contributed by atoms with Crippen LogP contribution in [0.4, 0.5) is 10.6 Å². The van der Waals surface area contributed by atoms with E-state index in [2.05, 4.69) is 25.6 Å². The van der Waals surface area contributed by atoms with Crippen molar-refractivity contribution in [2.24, 2.45) is 0 Å². The fraction of sp³-hybridized carbons (Fsp3) is 0.368. The summed E-state index contributed by atoms with van der Waals surface area (Å²) in [6, 6.07) is 5.54. The lowest BCUT2D eigenvalue weighted by molar-refractivity contribution is 0.143. The van der Waals surface area contributed by atoms with E-state index in [1.165, 1.54) is 0 Å². The molecule has 11 heteroatoms. The van der Waals surface area contributed by atoms with E-state index in [1.807, 2.05) is 22.8 Å². The van der Waals surface area contributed by atoms with Gasteiger partial charge in [0, 0.05) is 20.1 Å². The lowest BCUT2D eigenvalue weighted by Crippen LogP contribution is -2.24. The standard InChI is InChI=1S/C19H21ClN6O4/c1-21-16-15-17(25-18(20)24-16)26(10-23-15)6-2-3-7-28-19(27)22-9-12-4-5-13-14(8-12)30-11-29-13/h4-5,8,10H,2-3,6-7,9,11H2,1H3,(H,22,27)(H,21,24,25). The predicted octanol–water partition coefficient (Wildman–Crippen LogP) is 2.96. The number of fused-ring (bicyclic) bond motifs is 2. The summed E-state index contributed by atoms with van der Waals surface area (Å²) in [4.78, 5) is 24.6. The number of imidazole rings is 1. The minimum absolute atomic E-state index is 0.163. The van der Waals surface area contributed by atoms with Gasteiger partial charge in [0.1, 0.15) is 0 Å². The molecule has 0 saturated heterocycles. The van der Waals surface area contributed by atoms with Crippen LogP contribution in [0.2, 0.25) is 5.28 Å². The molecule has 0 aliphatic carbocycles. The Hall–Kier alpha value is -3.27.